The zero-order chi connectivity index (χ0) is 18.8. The van der Waals surface area contributed by atoms with E-state index in [0.717, 1.165) is 54.4 Å². The molecular weight excluding hydrogens is 336 g/mol. The Morgan fingerprint density at radius 2 is 1.85 bits per heavy atom. The topological polar surface area (TPSA) is 83.8 Å². The van der Waals surface area contributed by atoms with Crippen molar-refractivity contribution in [3.8, 4) is 23.0 Å². The molecule has 0 spiro atoms. The first-order valence-electron chi connectivity index (χ1n) is 9.18. The minimum Gasteiger partial charge on any atom is -0.355 e. The molecule has 1 aliphatic heterocycles. The van der Waals surface area contributed by atoms with Crippen molar-refractivity contribution in [2.75, 3.05) is 18.0 Å². The maximum atomic E-state index is 9.06. The summed E-state index contributed by atoms with van der Waals surface area (Å²) in [5.41, 5.74) is 10.6. The third kappa shape index (κ3) is 3.55. The van der Waals surface area contributed by atoms with E-state index < -0.39 is 0 Å². The second-order valence-electron chi connectivity index (χ2n) is 6.97. The van der Waals surface area contributed by atoms with Crippen LogP contribution in [0.5, 0.6) is 0 Å². The Hall–Kier alpha value is -3.17. The molecule has 6 nitrogen and oxygen atoms in total. The fourth-order valence-electron chi connectivity index (χ4n) is 3.35. The molecule has 2 N–H and O–H groups in total. The van der Waals surface area contributed by atoms with Gasteiger partial charge in [-0.05, 0) is 56.2 Å². The molecule has 0 unspecified atom stereocenters. The second-order valence-corrected chi connectivity index (χ2v) is 6.97. The third-order valence-corrected chi connectivity index (χ3v) is 5.01. The highest BCUT2D eigenvalue weighted by Crippen LogP contribution is 2.29. The molecule has 0 bridgehead atoms. The van der Waals surface area contributed by atoms with Gasteiger partial charge >= 0.3 is 0 Å². The number of nitriles is 1. The molecule has 4 rings (SSSR count). The van der Waals surface area contributed by atoms with E-state index in [1.54, 1.807) is 0 Å². The first kappa shape index (κ1) is 17.3. The zero-order valence-corrected chi connectivity index (χ0v) is 15.3. The number of hydrogen-bond acceptors (Lipinski definition) is 5. The average Bonchev–Trinajstić information content (AvgIpc) is 3.14. The van der Waals surface area contributed by atoms with E-state index in [4.69, 9.17) is 16.1 Å². The molecule has 27 heavy (non-hydrogen) atoms. The minimum absolute atomic E-state index is 0.280. The van der Waals surface area contributed by atoms with Crippen molar-refractivity contribution < 1.29 is 0 Å². The lowest BCUT2D eigenvalue weighted by molar-refractivity contribution is 0.498. The van der Waals surface area contributed by atoms with Crippen LogP contribution < -0.4 is 10.6 Å². The van der Waals surface area contributed by atoms with Crippen molar-refractivity contribution in [1.82, 2.24) is 14.8 Å². The maximum absolute atomic E-state index is 9.06. The van der Waals surface area contributed by atoms with Crippen LogP contribution in [0.3, 0.4) is 0 Å². The molecule has 1 aromatic carbocycles. The van der Waals surface area contributed by atoms with Crippen molar-refractivity contribution in [2.45, 2.75) is 25.8 Å². The van der Waals surface area contributed by atoms with Crippen molar-refractivity contribution in [3.63, 3.8) is 0 Å². The molecule has 0 amide bonds. The summed E-state index contributed by atoms with van der Waals surface area (Å²) in [6, 6.07) is 16.1. The number of aromatic nitrogens is 3. The van der Waals surface area contributed by atoms with Gasteiger partial charge in [0, 0.05) is 42.7 Å². The third-order valence-electron chi connectivity index (χ3n) is 5.01. The molecule has 1 saturated heterocycles. The Morgan fingerprint density at radius 3 is 2.48 bits per heavy atom. The summed E-state index contributed by atoms with van der Waals surface area (Å²) in [5, 5.41) is 13.9. The number of rotatable bonds is 3. The first-order chi connectivity index (χ1) is 13.1. The van der Waals surface area contributed by atoms with Gasteiger partial charge in [0.15, 0.2) is 5.82 Å². The van der Waals surface area contributed by atoms with E-state index in [0.29, 0.717) is 5.56 Å². The highest BCUT2D eigenvalue weighted by Gasteiger charge is 2.21. The van der Waals surface area contributed by atoms with E-state index >= 15 is 0 Å². The molecule has 136 valence electrons. The molecule has 0 saturated carbocycles. The fourth-order valence-corrected chi connectivity index (χ4v) is 3.35. The van der Waals surface area contributed by atoms with Gasteiger partial charge in [-0.15, -0.1) is 5.10 Å². The molecule has 2 aromatic heterocycles. The summed E-state index contributed by atoms with van der Waals surface area (Å²) in [5.74, 6) is 0.946. The molecular formula is C21H22N6. The predicted octanol–water partition coefficient (Wildman–Crippen LogP) is 3.04. The monoisotopic (exact) mass is 358 g/mol. The number of anilines is 1. The van der Waals surface area contributed by atoms with E-state index in [1.807, 2.05) is 48.1 Å². The van der Waals surface area contributed by atoms with Crippen LogP contribution in [0, 0.1) is 18.3 Å². The maximum Gasteiger partial charge on any atom is 0.151 e. The van der Waals surface area contributed by atoms with Gasteiger partial charge in [0.05, 0.1) is 23.0 Å². The van der Waals surface area contributed by atoms with Gasteiger partial charge in [0.2, 0.25) is 0 Å². The Kier molecular flexibility index (Phi) is 4.61. The lowest BCUT2D eigenvalue weighted by Gasteiger charge is -2.30. The number of piperidine rings is 1. The molecule has 3 heterocycles. The summed E-state index contributed by atoms with van der Waals surface area (Å²) in [4.78, 5) is 6.72. The van der Waals surface area contributed by atoms with Gasteiger partial charge < -0.3 is 10.6 Å². The average molecular weight is 358 g/mol. The van der Waals surface area contributed by atoms with Gasteiger partial charge in [0.25, 0.3) is 0 Å². The second kappa shape index (κ2) is 7.22. The summed E-state index contributed by atoms with van der Waals surface area (Å²) in [6.45, 7) is 3.80. The van der Waals surface area contributed by atoms with Crippen LogP contribution in [-0.2, 0) is 0 Å². The Balaban J connectivity index is 1.77. The van der Waals surface area contributed by atoms with Crippen LogP contribution >= 0.6 is 0 Å². The Morgan fingerprint density at radius 1 is 1.11 bits per heavy atom. The normalized spacial score (nSPS) is 14.9. The first-order valence-corrected chi connectivity index (χ1v) is 9.18. The molecule has 0 aliphatic carbocycles. The smallest absolute Gasteiger partial charge is 0.151 e. The molecule has 3 aromatic rings. The van der Waals surface area contributed by atoms with E-state index in [2.05, 4.69) is 28.1 Å². The van der Waals surface area contributed by atoms with Gasteiger partial charge in [0.1, 0.15) is 0 Å². The summed E-state index contributed by atoms with van der Waals surface area (Å²) in [6.07, 6.45) is 3.83. The zero-order valence-electron chi connectivity index (χ0n) is 15.3. The number of benzene rings is 1. The quantitative estimate of drug-likeness (QED) is 0.778. The predicted molar refractivity (Wildman–Crippen MR) is 106 cm³/mol. The van der Waals surface area contributed by atoms with Gasteiger partial charge in [-0.25, -0.2) is 4.68 Å². The van der Waals surface area contributed by atoms with Gasteiger partial charge in [-0.3, -0.25) is 4.98 Å². The van der Waals surface area contributed by atoms with E-state index in [1.165, 1.54) is 0 Å². The van der Waals surface area contributed by atoms with Crippen molar-refractivity contribution >= 4 is 5.82 Å². The van der Waals surface area contributed by atoms with Gasteiger partial charge in [-0.2, -0.15) is 5.26 Å². The SMILES string of the molecule is Cc1ccc(-c2cc(N3CCC(N)CC3)nn2-c2ccc(C#N)cc2)cn1. The number of hydrogen-bond donors (Lipinski definition) is 1. The van der Waals surface area contributed by atoms with Crippen LogP contribution in [0.15, 0.2) is 48.7 Å². The minimum atomic E-state index is 0.280. The van der Waals surface area contributed by atoms with Crippen molar-refractivity contribution in [3.05, 3.63) is 59.9 Å². The standard InChI is InChI=1S/C21H22N6/c1-15-2-5-17(14-24-15)20-12-21(26-10-8-18(23)9-11-26)25-27(20)19-6-3-16(13-22)4-7-19/h2-7,12,14,18H,8-11,23H2,1H3. The number of pyridine rings is 1. The Labute approximate surface area is 158 Å². The summed E-state index contributed by atoms with van der Waals surface area (Å²) >= 11 is 0. The van der Waals surface area contributed by atoms with E-state index in [9.17, 15) is 0 Å². The van der Waals surface area contributed by atoms with Crippen LogP contribution in [0.2, 0.25) is 0 Å². The number of nitrogens with two attached hydrogens (primary N) is 1. The van der Waals surface area contributed by atoms with Crippen LogP contribution in [0.1, 0.15) is 24.1 Å². The molecule has 1 fully saturated rings. The largest absolute Gasteiger partial charge is 0.355 e. The highest BCUT2D eigenvalue weighted by molar-refractivity contribution is 5.66. The van der Waals surface area contributed by atoms with Crippen molar-refractivity contribution in [1.29, 1.82) is 5.26 Å². The molecule has 1 aliphatic rings. The molecule has 0 atom stereocenters. The number of nitrogens with zero attached hydrogens (tertiary/aromatic N) is 5. The van der Waals surface area contributed by atoms with Gasteiger partial charge in [-0.1, -0.05) is 0 Å². The van der Waals surface area contributed by atoms with Crippen LogP contribution in [0.4, 0.5) is 5.82 Å². The van der Waals surface area contributed by atoms with Crippen molar-refractivity contribution in [2.24, 2.45) is 5.73 Å². The lowest BCUT2D eigenvalue weighted by atomic mass is 10.1. The lowest BCUT2D eigenvalue weighted by Crippen LogP contribution is -2.39. The summed E-state index contributed by atoms with van der Waals surface area (Å²) < 4.78 is 1.93. The van der Waals surface area contributed by atoms with E-state index in [-0.39, 0.29) is 6.04 Å². The van der Waals surface area contributed by atoms with Crippen LogP contribution in [0.25, 0.3) is 16.9 Å². The fraction of sp³-hybridized carbons (Fsp3) is 0.286. The van der Waals surface area contributed by atoms with Crippen LogP contribution in [-0.4, -0.2) is 33.9 Å². The number of aryl methyl sites for hydroxylation is 1. The summed E-state index contributed by atoms with van der Waals surface area (Å²) in [7, 11) is 0. The highest BCUT2D eigenvalue weighted by atomic mass is 15.4. The molecule has 6 heteroatoms. The Bertz CT molecular complexity index is 957. The molecule has 0 radical (unpaired) electrons.